The zero-order valence-electron chi connectivity index (χ0n) is 8.70. The fraction of sp³-hybridized carbons (Fsp3) is 0.375. The first-order valence-corrected chi connectivity index (χ1v) is 4.61. The van der Waals surface area contributed by atoms with Gasteiger partial charge in [0.15, 0.2) is 0 Å². The van der Waals surface area contributed by atoms with Gasteiger partial charge in [-0.3, -0.25) is 0 Å². The molecular formula is C8H9FN6O. The molecule has 0 amide bonds. The van der Waals surface area contributed by atoms with E-state index in [1.54, 1.807) is 13.8 Å². The molecule has 2 aromatic rings. The molecule has 0 aliphatic carbocycles. The van der Waals surface area contributed by atoms with Gasteiger partial charge in [-0.1, -0.05) is 13.8 Å². The lowest BCUT2D eigenvalue weighted by Crippen LogP contribution is -2.23. The van der Waals surface area contributed by atoms with Crippen LogP contribution >= 0.6 is 0 Å². The van der Waals surface area contributed by atoms with E-state index in [0.29, 0.717) is 0 Å². The van der Waals surface area contributed by atoms with Gasteiger partial charge in [0.05, 0.1) is 0 Å². The van der Waals surface area contributed by atoms with E-state index in [9.17, 15) is 9.18 Å². The van der Waals surface area contributed by atoms with E-state index in [-0.39, 0.29) is 11.7 Å². The minimum Gasteiger partial charge on any atom is -0.243 e. The molecule has 84 valence electrons. The maximum absolute atomic E-state index is 12.9. The topological polar surface area (TPSA) is 78.5 Å². The summed E-state index contributed by atoms with van der Waals surface area (Å²) in [5.74, 6) is 0.127. The number of carbonyl (C=O) groups is 1. The van der Waals surface area contributed by atoms with Crippen LogP contribution in [0.3, 0.4) is 0 Å². The third kappa shape index (κ3) is 1.69. The largest absolute Gasteiger partial charge is 0.372 e. The molecule has 0 aliphatic rings. The van der Waals surface area contributed by atoms with Gasteiger partial charge in [0.2, 0.25) is 0 Å². The van der Waals surface area contributed by atoms with Crippen LogP contribution in [0.25, 0.3) is 0 Å². The Hall–Kier alpha value is -2.12. The van der Waals surface area contributed by atoms with Gasteiger partial charge in [-0.2, -0.15) is 23.8 Å². The minimum atomic E-state index is -0.933. The highest BCUT2D eigenvalue weighted by Crippen LogP contribution is 2.11. The van der Waals surface area contributed by atoms with Crippen LogP contribution in [0, 0.1) is 6.08 Å². The standard InChI is InChI=1S/C8H9FN6O/c1-5(2)6-12-7(9)13-15(6)8(16)14-4-10-3-11-14/h3-5H,1-2H3. The summed E-state index contributed by atoms with van der Waals surface area (Å²) < 4.78 is 14.8. The zero-order chi connectivity index (χ0) is 11.7. The van der Waals surface area contributed by atoms with Gasteiger partial charge in [0.1, 0.15) is 18.5 Å². The number of hydrogen-bond donors (Lipinski definition) is 0. The molecule has 0 atom stereocenters. The summed E-state index contributed by atoms with van der Waals surface area (Å²) in [7, 11) is 0. The maximum Gasteiger partial charge on any atom is 0.372 e. The van der Waals surface area contributed by atoms with E-state index in [4.69, 9.17) is 0 Å². The van der Waals surface area contributed by atoms with Gasteiger partial charge in [0, 0.05) is 5.92 Å². The summed E-state index contributed by atoms with van der Waals surface area (Å²) >= 11 is 0. The predicted molar refractivity (Wildman–Crippen MR) is 50.3 cm³/mol. The molecule has 2 heterocycles. The molecule has 0 saturated carbocycles. The van der Waals surface area contributed by atoms with E-state index in [1.807, 2.05) is 0 Å². The van der Waals surface area contributed by atoms with Crippen molar-refractivity contribution in [2.24, 2.45) is 0 Å². The molecule has 0 bridgehead atoms. The van der Waals surface area contributed by atoms with Crippen molar-refractivity contribution in [1.82, 2.24) is 29.5 Å². The van der Waals surface area contributed by atoms with Crippen LogP contribution in [0.4, 0.5) is 9.18 Å². The molecule has 7 nitrogen and oxygen atoms in total. The van der Waals surface area contributed by atoms with E-state index >= 15 is 0 Å². The van der Waals surface area contributed by atoms with Gasteiger partial charge < -0.3 is 0 Å². The number of rotatable bonds is 1. The lowest BCUT2D eigenvalue weighted by molar-refractivity contribution is 0.236. The van der Waals surface area contributed by atoms with Crippen LogP contribution in [-0.2, 0) is 0 Å². The Bertz CT molecular complexity index is 503. The van der Waals surface area contributed by atoms with Crippen molar-refractivity contribution >= 4 is 6.03 Å². The van der Waals surface area contributed by atoms with Crippen LogP contribution < -0.4 is 0 Å². The Kier molecular flexibility index (Phi) is 2.47. The highest BCUT2D eigenvalue weighted by Gasteiger charge is 2.20. The predicted octanol–water partition coefficient (Wildman–Crippen LogP) is 0.648. The molecule has 2 rings (SSSR count). The van der Waals surface area contributed by atoms with Gasteiger partial charge >= 0.3 is 12.1 Å². The van der Waals surface area contributed by atoms with Crippen LogP contribution in [0.2, 0.25) is 0 Å². The Morgan fingerprint density at radius 1 is 1.50 bits per heavy atom. The first-order chi connectivity index (χ1) is 7.59. The monoisotopic (exact) mass is 224 g/mol. The normalized spacial score (nSPS) is 11.0. The summed E-state index contributed by atoms with van der Waals surface area (Å²) in [4.78, 5) is 19.0. The third-order valence-corrected chi connectivity index (χ3v) is 1.92. The van der Waals surface area contributed by atoms with E-state index in [2.05, 4.69) is 20.2 Å². The van der Waals surface area contributed by atoms with Crippen LogP contribution in [-0.4, -0.2) is 35.6 Å². The van der Waals surface area contributed by atoms with Gasteiger partial charge in [-0.05, 0) is 0 Å². The van der Waals surface area contributed by atoms with E-state index < -0.39 is 12.1 Å². The number of aromatic nitrogens is 6. The SMILES string of the molecule is CC(C)c1nc(F)nn1C(=O)n1cncn1. The molecule has 0 saturated heterocycles. The van der Waals surface area contributed by atoms with Crippen molar-refractivity contribution in [3.05, 3.63) is 24.6 Å². The summed E-state index contributed by atoms with van der Waals surface area (Å²) in [5, 5.41) is 7.04. The Balaban J connectivity index is 2.44. The second-order valence-corrected chi connectivity index (χ2v) is 3.43. The van der Waals surface area contributed by atoms with Crippen LogP contribution in [0.15, 0.2) is 12.7 Å². The zero-order valence-corrected chi connectivity index (χ0v) is 8.70. The summed E-state index contributed by atoms with van der Waals surface area (Å²) in [6, 6.07) is -0.613. The average Bonchev–Trinajstić information content (AvgIpc) is 2.84. The Labute approximate surface area is 89.9 Å². The molecule has 8 heteroatoms. The maximum atomic E-state index is 12.9. The first-order valence-electron chi connectivity index (χ1n) is 4.61. The molecule has 0 aliphatic heterocycles. The van der Waals surface area contributed by atoms with Crippen LogP contribution in [0.5, 0.6) is 0 Å². The second kappa shape index (κ2) is 3.80. The lowest BCUT2D eigenvalue weighted by atomic mass is 10.2. The van der Waals surface area contributed by atoms with Gasteiger partial charge in [-0.25, -0.2) is 9.78 Å². The number of carbonyl (C=O) groups excluding carboxylic acids is 1. The molecule has 0 N–H and O–H groups in total. The number of halogens is 1. The molecule has 0 fully saturated rings. The number of nitrogens with zero attached hydrogens (tertiary/aromatic N) is 6. The van der Waals surface area contributed by atoms with E-state index in [0.717, 1.165) is 9.36 Å². The van der Waals surface area contributed by atoms with Crippen molar-refractivity contribution in [2.75, 3.05) is 0 Å². The Morgan fingerprint density at radius 2 is 2.25 bits per heavy atom. The van der Waals surface area contributed by atoms with Crippen molar-refractivity contribution < 1.29 is 9.18 Å². The van der Waals surface area contributed by atoms with Crippen molar-refractivity contribution in [3.8, 4) is 0 Å². The quantitative estimate of drug-likeness (QED) is 0.710. The van der Waals surface area contributed by atoms with Crippen molar-refractivity contribution in [1.29, 1.82) is 0 Å². The van der Waals surface area contributed by atoms with E-state index in [1.165, 1.54) is 12.7 Å². The molecule has 2 aromatic heterocycles. The molecular weight excluding hydrogens is 215 g/mol. The fourth-order valence-electron chi connectivity index (χ4n) is 1.22. The molecule has 0 aromatic carbocycles. The summed E-state index contributed by atoms with van der Waals surface area (Å²) in [6.45, 7) is 3.57. The van der Waals surface area contributed by atoms with Crippen molar-refractivity contribution in [2.45, 2.75) is 19.8 Å². The molecule has 0 spiro atoms. The molecule has 0 radical (unpaired) electrons. The summed E-state index contributed by atoms with van der Waals surface area (Å²) in [5.41, 5.74) is 0. The average molecular weight is 224 g/mol. The summed E-state index contributed by atoms with van der Waals surface area (Å²) in [6.07, 6.45) is 1.49. The number of hydrogen-bond acceptors (Lipinski definition) is 5. The van der Waals surface area contributed by atoms with Crippen molar-refractivity contribution in [3.63, 3.8) is 0 Å². The Morgan fingerprint density at radius 3 is 2.81 bits per heavy atom. The molecule has 16 heavy (non-hydrogen) atoms. The second-order valence-electron chi connectivity index (χ2n) is 3.43. The van der Waals surface area contributed by atoms with Gasteiger partial charge in [-0.15, -0.1) is 5.10 Å². The smallest absolute Gasteiger partial charge is 0.243 e. The highest BCUT2D eigenvalue weighted by molar-refractivity contribution is 5.77. The first kappa shape index (κ1) is 10.4. The molecule has 0 unspecified atom stereocenters. The van der Waals surface area contributed by atoms with Crippen LogP contribution in [0.1, 0.15) is 25.6 Å². The lowest BCUT2D eigenvalue weighted by Gasteiger charge is -2.05. The minimum absolute atomic E-state index is 0.121. The third-order valence-electron chi connectivity index (χ3n) is 1.92. The highest BCUT2D eigenvalue weighted by atomic mass is 19.1. The fourth-order valence-corrected chi connectivity index (χ4v) is 1.22. The van der Waals surface area contributed by atoms with Gasteiger partial charge in [0.25, 0.3) is 0 Å².